The van der Waals surface area contributed by atoms with E-state index in [0.717, 1.165) is 16.3 Å². The molecular weight excluding hydrogens is 378 g/mol. The largest absolute Gasteiger partial charge is 0.326 e. The number of ketones is 1. The van der Waals surface area contributed by atoms with Crippen LogP contribution in [0.1, 0.15) is 17.3 Å². The molecule has 1 heterocycles. The summed E-state index contributed by atoms with van der Waals surface area (Å²) in [6, 6.07) is 23.6. The number of rotatable bonds is 5. The van der Waals surface area contributed by atoms with Crippen molar-refractivity contribution in [3.63, 3.8) is 0 Å². The number of amides is 1. The van der Waals surface area contributed by atoms with Crippen molar-refractivity contribution in [2.75, 3.05) is 5.32 Å². The monoisotopic (exact) mass is 397 g/mol. The van der Waals surface area contributed by atoms with Gasteiger partial charge in [0.05, 0.1) is 5.69 Å². The maximum atomic E-state index is 12.6. The van der Waals surface area contributed by atoms with Crippen molar-refractivity contribution in [2.45, 2.75) is 13.5 Å². The number of hydrogen-bond acceptors (Lipinski definition) is 4. The Morgan fingerprint density at radius 3 is 2.37 bits per heavy atom. The molecular formula is C24H19N3O3. The lowest BCUT2D eigenvalue weighted by atomic mass is 10.1. The molecule has 0 aliphatic rings. The molecule has 0 aliphatic heterocycles. The summed E-state index contributed by atoms with van der Waals surface area (Å²) in [5.74, 6) is -0.426. The summed E-state index contributed by atoms with van der Waals surface area (Å²) in [4.78, 5) is 36.0. The van der Waals surface area contributed by atoms with Gasteiger partial charge in [-0.05, 0) is 47.2 Å². The SMILES string of the molecule is CC(=O)Nc1ccc(C(=O)Cn2nc(-c3ccc4ccccc4c3)ccc2=O)cc1. The number of fused-ring (bicyclic) bond motifs is 1. The van der Waals surface area contributed by atoms with Crippen LogP contribution in [0.2, 0.25) is 0 Å². The van der Waals surface area contributed by atoms with E-state index in [9.17, 15) is 14.4 Å². The summed E-state index contributed by atoms with van der Waals surface area (Å²) in [6.45, 7) is 1.25. The van der Waals surface area contributed by atoms with Crippen LogP contribution >= 0.6 is 0 Å². The van der Waals surface area contributed by atoms with Crippen molar-refractivity contribution < 1.29 is 9.59 Å². The summed E-state index contributed by atoms with van der Waals surface area (Å²) in [6.07, 6.45) is 0. The van der Waals surface area contributed by atoms with Crippen LogP contribution < -0.4 is 10.9 Å². The number of carbonyl (C=O) groups excluding carboxylic acids is 2. The Labute approximate surface area is 172 Å². The van der Waals surface area contributed by atoms with Gasteiger partial charge in [-0.1, -0.05) is 36.4 Å². The molecule has 1 amide bonds. The first-order valence-electron chi connectivity index (χ1n) is 9.48. The average Bonchev–Trinajstić information content (AvgIpc) is 2.75. The molecule has 3 aromatic carbocycles. The summed E-state index contributed by atoms with van der Waals surface area (Å²) >= 11 is 0. The number of benzene rings is 3. The van der Waals surface area contributed by atoms with Crippen LogP contribution in [0.15, 0.2) is 83.7 Å². The van der Waals surface area contributed by atoms with Crippen molar-refractivity contribution in [2.24, 2.45) is 0 Å². The highest BCUT2D eigenvalue weighted by Gasteiger charge is 2.11. The summed E-state index contributed by atoms with van der Waals surface area (Å²) in [7, 11) is 0. The zero-order chi connectivity index (χ0) is 21.1. The smallest absolute Gasteiger partial charge is 0.267 e. The van der Waals surface area contributed by atoms with Crippen LogP contribution in [-0.4, -0.2) is 21.5 Å². The number of anilines is 1. The molecule has 0 aliphatic carbocycles. The molecule has 1 aromatic heterocycles. The molecule has 0 saturated heterocycles. The minimum atomic E-state index is -0.345. The van der Waals surface area contributed by atoms with Crippen LogP contribution in [0.25, 0.3) is 22.0 Å². The van der Waals surface area contributed by atoms with Gasteiger partial charge in [-0.3, -0.25) is 14.4 Å². The van der Waals surface area contributed by atoms with E-state index >= 15 is 0 Å². The second-order valence-electron chi connectivity index (χ2n) is 6.96. The van der Waals surface area contributed by atoms with E-state index in [1.807, 2.05) is 42.5 Å². The fourth-order valence-electron chi connectivity index (χ4n) is 3.23. The first kappa shape index (κ1) is 19.3. The van der Waals surface area contributed by atoms with Gasteiger partial charge in [-0.2, -0.15) is 5.10 Å². The molecule has 4 rings (SSSR count). The molecule has 0 saturated carbocycles. The van der Waals surface area contributed by atoms with E-state index in [2.05, 4.69) is 10.4 Å². The molecule has 148 valence electrons. The summed E-state index contributed by atoms with van der Waals surface area (Å²) in [5, 5.41) is 9.24. The average molecular weight is 397 g/mol. The molecule has 0 fully saturated rings. The molecule has 6 nitrogen and oxygen atoms in total. The first-order valence-corrected chi connectivity index (χ1v) is 9.48. The minimum absolute atomic E-state index is 0.167. The van der Waals surface area contributed by atoms with Crippen LogP contribution in [0.5, 0.6) is 0 Å². The molecule has 0 unspecified atom stereocenters. The summed E-state index contributed by atoms with van der Waals surface area (Å²) < 4.78 is 1.18. The van der Waals surface area contributed by atoms with Gasteiger partial charge in [-0.15, -0.1) is 0 Å². The van der Waals surface area contributed by atoms with Gasteiger partial charge in [0.1, 0.15) is 6.54 Å². The molecule has 6 heteroatoms. The van der Waals surface area contributed by atoms with Gasteiger partial charge in [0.25, 0.3) is 5.56 Å². The van der Waals surface area contributed by atoms with Gasteiger partial charge in [0.15, 0.2) is 5.78 Å². The fraction of sp³-hybridized carbons (Fsp3) is 0.0833. The maximum Gasteiger partial charge on any atom is 0.267 e. The van der Waals surface area contributed by atoms with E-state index in [1.54, 1.807) is 30.3 Å². The lowest BCUT2D eigenvalue weighted by Crippen LogP contribution is -2.26. The third-order valence-corrected chi connectivity index (χ3v) is 4.73. The standard InChI is InChI=1S/C24H19N3O3/c1-16(28)25-21-10-8-18(9-11-21)23(29)15-27-24(30)13-12-22(26-27)20-7-6-17-4-2-3-5-19(17)14-20/h2-14H,15H2,1H3,(H,25,28). The van der Waals surface area contributed by atoms with E-state index in [4.69, 9.17) is 0 Å². The van der Waals surface area contributed by atoms with Crippen molar-refractivity contribution in [1.29, 1.82) is 0 Å². The highest BCUT2D eigenvalue weighted by atomic mass is 16.2. The quantitative estimate of drug-likeness (QED) is 0.518. The van der Waals surface area contributed by atoms with Crippen molar-refractivity contribution in [1.82, 2.24) is 9.78 Å². The van der Waals surface area contributed by atoms with Gasteiger partial charge < -0.3 is 5.32 Å². The van der Waals surface area contributed by atoms with Crippen molar-refractivity contribution in [3.8, 4) is 11.3 Å². The highest BCUT2D eigenvalue weighted by Crippen LogP contribution is 2.22. The van der Waals surface area contributed by atoms with E-state index in [0.29, 0.717) is 16.9 Å². The van der Waals surface area contributed by atoms with E-state index in [-0.39, 0.29) is 23.8 Å². The lowest BCUT2D eigenvalue weighted by Gasteiger charge is -2.08. The molecule has 0 radical (unpaired) electrons. The van der Waals surface area contributed by atoms with Crippen molar-refractivity contribution in [3.05, 3.63) is 94.8 Å². The number of hydrogen-bond donors (Lipinski definition) is 1. The number of nitrogens with zero attached hydrogens (tertiary/aromatic N) is 2. The van der Waals surface area contributed by atoms with Gasteiger partial charge in [-0.25, -0.2) is 4.68 Å². The number of nitrogens with one attached hydrogen (secondary N) is 1. The Hall–Kier alpha value is -4.06. The number of aromatic nitrogens is 2. The Balaban J connectivity index is 1.59. The molecule has 1 N–H and O–H groups in total. The molecule has 0 atom stereocenters. The normalized spacial score (nSPS) is 10.7. The predicted molar refractivity (Wildman–Crippen MR) is 117 cm³/mol. The zero-order valence-corrected chi connectivity index (χ0v) is 16.3. The second kappa shape index (κ2) is 8.13. The Morgan fingerprint density at radius 2 is 1.63 bits per heavy atom. The van der Waals surface area contributed by atoms with Crippen molar-refractivity contribution >= 4 is 28.2 Å². The third-order valence-electron chi connectivity index (χ3n) is 4.73. The second-order valence-corrected chi connectivity index (χ2v) is 6.96. The molecule has 0 bridgehead atoms. The van der Waals surface area contributed by atoms with Crippen LogP contribution in [0.4, 0.5) is 5.69 Å². The third kappa shape index (κ3) is 4.17. The molecule has 0 spiro atoms. The molecule has 4 aromatic rings. The van der Waals surface area contributed by atoms with E-state index < -0.39 is 0 Å². The lowest BCUT2D eigenvalue weighted by molar-refractivity contribution is -0.114. The van der Waals surface area contributed by atoms with E-state index in [1.165, 1.54) is 17.7 Å². The van der Waals surface area contributed by atoms with Gasteiger partial charge in [0.2, 0.25) is 5.91 Å². The Kier molecular flexibility index (Phi) is 5.22. The Morgan fingerprint density at radius 1 is 0.900 bits per heavy atom. The van der Waals surface area contributed by atoms with Gasteiger partial charge in [0, 0.05) is 29.8 Å². The zero-order valence-electron chi connectivity index (χ0n) is 16.3. The van der Waals surface area contributed by atoms with Crippen LogP contribution in [0, 0.1) is 0 Å². The fourth-order valence-corrected chi connectivity index (χ4v) is 3.23. The molecule has 30 heavy (non-hydrogen) atoms. The maximum absolute atomic E-state index is 12.6. The highest BCUT2D eigenvalue weighted by molar-refractivity contribution is 5.97. The minimum Gasteiger partial charge on any atom is -0.326 e. The van der Waals surface area contributed by atoms with Crippen LogP contribution in [-0.2, 0) is 11.3 Å². The number of Topliss-reactive ketones (excluding diaryl/α,β-unsaturated/α-hetero) is 1. The number of carbonyl (C=O) groups is 2. The predicted octanol–water partition coefficient (Wildman–Crippen LogP) is 3.90. The first-order chi connectivity index (χ1) is 14.5. The summed E-state index contributed by atoms with van der Waals surface area (Å²) in [5.41, 5.74) is 2.19. The Bertz CT molecular complexity index is 1310. The van der Waals surface area contributed by atoms with Gasteiger partial charge >= 0.3 is 0 Å². The topological polar surface area (TPSA) is 81.1 Å². The van der Waals surface area contributed by atoms with Crippen LogP contribution in [0.3, 0.4) is 0 Å².